The molecule has 0 aromatic heterocycles. The maximum absolute atomic E-state index is 11.8. The number of carbonyl (C=O) groups excluding carboxylic acids is 2. The van der Waals surface area contributed by atoms with Crippen molar-refractivity contribution in [2.75, 3.05) is 6.54 Å². The second-order valence-corrected chi connectivity index (χ2v) is 6.89. The fourth-order valence-electron chi connectivity index (χ4n) is 3.12. The molecule has 2 fully saturated rings. The predicted octanol–water partition coefficient (Wildman–Crippen LogP) is 1.96. The van der Waals surface area contributed by atoms with Gasteiger partial charge in [-0.15, -0.1) is 0 Å². The first-order valence-electron chi connectivity index (χ1n) is 7.04. The van der Waals surface area contributed by atoms with Crippen LogP contribution in [-0.4, -0.2) is 30.2 Å². The van der Waals surface area contributed by atoms with Gasteiger partial charge in [-0.1, -0.05) is 6.42 Å². The highest BCUT2D eigenvalue weighted by Gasteiger charge is 2.42. The molecule has 0 aromatic rings. The van der Waals surface area contributed by atoms with E-state index in [9.17, 15) is 9.59 Å². The van der Waals surface area contributed by atoms with E-state index in [0.717, 1.165) is 32.2 Å². The van der Waals surface area contributed by atoms with E-state index >= 15 is 0 Å². The number of alkyl carbamates (subject to hydrolysis) is 1. The van der Waals surface area contributed by atoms with E-state index in [2.05, 4.69) is 10.6 Å². The SMILES string of the molecule is CC(C)(C)OC(=O)NC1CCCC2(CNC(=O)C2)C1. The van der Waals surface area contributed by atoms with Gasteiger partial charge in [0.2, 0.25) is 5.91 Å². The quantitative estimate of drug-likeness (QED) is 0.764. The Morgan fingerprint density at radius 3 is 2.79 bits per heavy atom. The molecule has 5 nitrogen and oxygen atoms in total. The summed E-state index contributed by atoms with van der Waals surface area (Å²) in [5, 5.41) is 5.85. The van der Waals surface area contributed by atoms with Gasteiger partial charge in [-0.2, -0.15) is 0 Å². The zero-order valence-electron chi connectivity index (χ0n) is 12.0. The summed E-state index contributed by atoms with van der Waals surface area (Å²) in [7, 11) is 0. The van der Waals surface area contributed by atoms with Crippen LogP contribution >= 0.6 is 0 Å². The summed E-state index contributed by atoms with van der Waals surface area (Å²) in [5.41, 5.74) is -0.420. The molecule has 0 radical (unpaired) electrons. The Kier molecular flexibility index (Phi) is 3.74. The molecule has 1 saturated carbocycles. The van der Waals surface area contributed by atoms with Crippen LogP contribution < -0.4 is 10.6 Å². The first-order chi connectivity index (χ1) is 8.78. The summed E-state index contributed by atoms with van der Waals surface area (Å²) < 4.78 is 5.28. The van der Waals surface area contributed by atoms with Gasteiger partial charge in [-0.05, 0) is 45.4 Å². The maximum Gasteiger partial charge on any atom is 0.407 e. The Balaban J connectivity index is 1.88. The summed E-state index contributed by atoms with van der Waals surface area (Å²) in [5.74, 6) is 0.137. The Morgan fingerprint density at radius 2 is 2.21 bits per heavy atom. The number of ether oxygens (including phenoxy) is 1. The second kappa shape index (κ2) is 5.02. The van der Waals surface area contributed by atoms with E-state index in [4.69, 9.17) is 4.74 Å². The minimum absolute atomic E-state index is 0.0506. The molecular weight excluding hydrogens is 244 g/mol. The van der Waals surface area contributed by atoms with Crippen LogP contribution in [0.15, 0.2) is 0 Å². The summed E-state index contributed by atoms with van der Waals surface area (Å²) in [6.45, 7) is 6.32. The highest BCUT2D eigenvalue weighted by molar-refractivity contribution is 5.79. The highest BCUT2D eigenvalue weighted by atomic mass is 16.6. The lowest BCUT2D eigenvalue weighted by Crippen LogP contribution is -2.45. The lowest BCUT2D eigenvalue weighted by molar-refractivity contribution is -0.119. The zero-order chi connectivity index (χ0) is 14.1. The average molecular weight is 268 g/mol. The van der Waals surface area contributed by atoms with Crippen LogP contribution in [0.2, 0.25) is 0 Å². The Bertz CT molecular complexity index is 375. The Morgan fingerprint density at radius 1 is 1.47 bits per heavy atom. The van der Waals surface area contributed by atoms with Gasteiger partial charge in [0.1, 0.15) is 5.60 Å². The van der Waals surface area contributed by atoms with Gasteiger partial charge in [0, 0.05) is 19.0 Å². The minimum Gasteiger partial charge on any atom is -0.444 e. The molecule has 2 rings (SSSR count). The molecule has 2 aliphatic rings. The third-order valence-corrected chi connectivity index (χ3v) is 3.86. The largest absolute Gasteiger partial charge is 0.444 e. The molecule has 1 aliphatic heterocycles. The monoisotopic (exact) mass is 268 g/mol. The normalized spacial score (nSPS) is 31.1. The van der Waals surface area contributed by atoms with E-state index in [0.29, 0.717) is 6.42 Å². The molecule has 108 valence electrons. The first-order valence-corrected chi connectivity index (χ1v) is 7.04. The van der Waals surface area contributed by atoms with Crippen LogP contribution in [0.1, 0.15) is 52.9 Å². The number of carbonyl (C=O) groups is 2. The maximum atomic E-state index is 11.8. The molecule has 2 unspecified atom stereocenters. The van der Waals surface area contributed by atoms with E-state index in [1.165, 1.54) is 0 Å². The van der Waals surface area contributed by atoms with E-state index in [1.807, 2.05) is 20.8 Å². The van der Waals surface area contributed by atoms with Gasteiger partial charge in [0.05, 0.1) is 0 Å². The third-order valence-electron chi connectivity index (χ3n) is 3.86. The summed E-state index contributed by atoms with van der Waals surface area (Å²) in [6.07, 6.45) is 4.19. The number of hydrogen-bond acceptors (Lipinski definition) is 3. The average Bonchev–Trinajstić information content (AvgIpc) is 2.56. The van der Waals surface area contributed by atoms with Crippen LogP contribution in [0.3, 0.4) is 0 Å². The standard InChI is InChI=1S/C14H24N2O3/c1-13(2,3)19-12(18)16-10-5-4-6-14(7-10)8-11(17)15-9-14/h10H,4-9H2,1-3H3,(H,15,17)(H,16,18). The summed E-state index contributed by atoms with van der Waals surface area (Å²) in [6, 6.07) is 0.122. The lowest BCUT2D eigenvalue weighted by atomic mass is 9.71. The molecule has 2 N–H and O–H groups in total. The van der Waals surface area contributed by atoms with Crippen molar-refractivity contribution < 1.29 is 14.3 Å². The van der Waals surface area contributed by atoms with Crippen molar-refractivity contribution in [1.29, 1.82) is 0 Å². The van der Waals surface area contributed by atoms with Crippen LogP contribution in [0.4, 0.5) is 4.79 Å². The molecule has 5 heteroatoms. The van der Waals surface area contributed by atoms with E-state index in [-0.39, 0.29) is 23.5 Å². The molecule has 1 aliphatic carbocycles. The number of amides is 2. The van der Waals surface area contributed by atoms with E-state index in [1.54, 1.807) is 0 Å². The predicted molar refractivity (Wildman–Crippen MR) is 71.7 cm³/mol. The van der Waals surface area contributed by atoms with Crippen molar-refractivity contribution in [2.45, 2.75) is 64.5 Å². The molecule has 1 saturated heterocycles. The Hall–Kier alpha value is -1.26. The van der Waals surface area contributed by atoms with Crippen LogP contribution in [0.5, 0.6) is 0 Å². The molecule has 1 spiro atoms. The topological polar surface area (TPSA) is 67.4 Å². The first kappa shape index (κ1) is 14.2. The molecule has 0 aromatic carbocycles. The molecular formula is C14H24N2O3. The van der Waals surface area contributed by atoms with Gasteiger partial charge in [-0.25, -0.2) is 4.79 Å². The number of nitrogens with one attached hydrogen (secondary N) is 2. The van der Waals surface area contributed by atoms with Crippen molar-refractivity contribution in [2.24, 2.45) is 5.41 Å². The fraction of sp³-hybridized carbons (Fsp3) is 0.857. The third kappa shape index (κ3) is 3.85. The molecule has 2 amide bonds. The molecule has 0 bridgehead atoms. The van der Waals surface area contributed by atoms with E-state index < -0.39 is 5.60 Å². The van der Waals surface area contributed by atoms with Gasteiger partial charge >= 0.3 is 6.09 Å². The minimum atomic E-state index is -0.471. The number of rotatable bonds is 1. The highest BCUT2D eigenvalue weighted by Crippen LogP contribution is 2.41. The Labute approximate surface area is 114 Å². The number of hydrogen-bond donors (Lipinski definition) is 2. The molecule has 19 heavy (non-hydrogen) atoms. The zero-order valence-corrected chi connectivity index (χ0v) is 12.0. The van der Waals surface area contributed by atoms with Gasteiger partial charge < -0.3 is 15.4 Å². The summed E-state index contributed by atoms with van der Waals surface area (Å²) >= 11 is 0. The van der Waals surface area contributed by atoms with Crippen molar-refractivity contribution in [3.63, 3.8) is 0 Å². The van der Waals surface area contributed by atoms with Crippen molar-refractivity contribution in [3.8, 4) is 0 Å². The van der Waals surface area contributed by atoms with Crippen LogP contribution in [0.25, 0.3) is 0 Å². The molecule has 1 heterocycles. The van der Waals surface area contributed by atoms with Crippen LogP contribution in [-0.2, 0) is 9.53 Å². The van der Waals surface area contributed by atoms with Crippen molar-refractivity contribution in [3.05, 3.63) is 0 Å². The van der Waals surface area contributed by atoms with Crippen molar-refractivity contribution in [1.82, 2.24) is 10.6 Å². The van der Waals surface area contributed by atoms with Gasteiger partial charge in [0.15, 0.2) is 0 Å². The second-order valence-electron chi connectivity index (χ2n) is 6.89. The summed E-state index contributed by atoms with van der Waals surface area (Å²) in [4.78, 5) is 23.2. The van der Waals surface area contributed by atoms with Crippen molar-refractivity contribution >= 4 is 12.0 Å². The fourth-order valence-corrected chi connectivity index (χ4v) is 3.12. The lowest BCUT2D eigenvalue weighted by Gasteiger charge is -2.37. The van der Waals surface area contributed by atoms with Gasteiger partial charge in [0.25, 0.3) is 0 Å². The smallest absolute Gasteiger partial charge is 0.407 e. The molecule has 2 atom stereocenters. The van der Waals surface area contributed by atoms with Gasteiger partial charge in [-0.3, -0.25) is 4.79 Å². The van der Waals surface area contributed by atoms with Crippen LogP contribution in [0, 0.1) is 5.41 Å².